The van der Waals surface area contributed by atoms with Crippen LogP contribution in [0.2, 0.25) is 0 Å². The van der Waals surface area contributed by atoms with Gasteiger partial charge in [-0.2, -0.15) is 18.3 Å². The number of hydrogen-bond donors (Lipinski definition) is 2. The molecule has 3 amide bonds. The number of carbonyl (C=O) groups is 3. The monoisotopic (exact) mass is 638 g/mol. The Morgan fingerprint density at radius 2 is 1.91 bits per heavy atom. The Morgan fingerprint density at radius 3 is 2.53 bits per heavy atom. The van der Waals surface area contributed by atoms with Crippen LogP contribution in [0.25, 0.3) is 5.65 Å². The van der Waals surface area contributed by atoms with Gasteiger partial charge in [0.05, 0.1) is 24.1 Å². The molecular weight excluding hydrogens is 607 g/mol. The lowest BCUT2D eigenvalue weighted by molar-refractivity contribution is -0.155. The first-order chi connectivity index (χ1) is 21.2. The molecule has 3 fully saturated rings. The molecule has 3 aliphatic rings. The summed E-state index contributed by atoms with van der Waals surface area (Å²) in [6.07, 6.45) is -1.55. The number of amides is 3. The van der Waals surface area contributed by atoms with Gasteiger partial charge in [-0.15, -0.1) is 0 Å². The number of nitrogens with one attached hydrogen (secondary N) is 2. The molecule has 2 N–H and O–H groups in total. The molecule has 1 saturated heterocycles. The molecule has 4 heterocycles. The molecule has 1 aliphatic heterocycles. The predicted octanol–water partition coefficient (Wildman–Crippen LogP) is 3.50. The van der Waals surface area contributed by atoms with E-state index in [1.165, 1.54) is 23.8 Å². The van der Waals surface area contributed by atoms with Gasteiger partial charge in [-0.25, -0.2) is 22.9 Å². The lowest BCUT2D eigenvalue weighted by Crippen LogP contribution is -2.55. The topological polar surface area (TPSA) is 148 Å². The zero-order chi connectivity index (χ0) is 32.3. The molecule has 3 aromatic heterocycles. The first kappa shape index (κ1) is 30.8. The fourth-order valence-corrected chi connectivity index (χ4v) is 6.37. The van der Waals surface area contributed by atoms with Crippen molar-refractivity contribution in [3.63, 3.8) is 0 Å². The first-order valence-corrected chi connectivity index (χ1v) is 14.6. The minimum Gasteiger partial charge on any atom is -0.342 e. The summed E-state index contributed by atoms with van der Waals surface area (Å²) in [6.45, 7) is 1.16. The number of imidazole rings is 1. The van der Waals surface area contributed by atoms with E-state index in [2.05, 4.69) is 25.7 Å². The van der Waals surface area contributed by atoms with Crippen LogP contribution in [0.15, 0.2) is 23.1 Å². The summed E-state index contributed by atoms with van der Waals surface area (Å²) in [5.74, 6) is -5.23. The van der Waals surface area contributed by atoms with Crippen LogP contribution >= 0.6 is 0 Å². The number of carbonyl (C=O) groups excluding carboxylic acids is 3. The van der Waals surface area contributed by atoms with E-state index in [4.69, 9.17) is 4.63 Å². The SMILES string of the molecule is CC(=O)N(C)[C@]1(Cc2cnn3cc([C@@H](NC(=O)c4nonc4C4CC4)C4CCC(F)(F)CC4)nc3c2)C[C@@H](C(F)(F)F)NC1=O. The average Bonchev–Trinajstić information content (AvgIpc) is 3.38. The molecule has 2 aliphatic carbocycles. The number of hydrogen-bond acceptors (Lipinski definition) is 8. The fraction of sp³-hybridized carbons (Fsp3) is 0.607. The minimum atomic E-state index is -4.71. The zero-order valence-corrected chi connectivity index (χ0v) is 24.4. The van der Waals surface area contributed by atoms with E-state index in [-0.39, 0.29) is 49.4 Å². The average molecular weight is 639 g/mol. The summed E-state index contributed by atoms with van der Waals surface area (Å²) >= 11 is 0. The number of aromatic nitrogens is 5. The third-order valence-electron chi connectivity index (χ3n) is 9.20. The van der Waals surface area contributed by atoms with Gasteiger partial charge < -0.3 is 15.5 Å². The summed E-state index contributed by atoms with van der Waals surface area (Å²) in [4.78, 5) is 44.2. The molecule has 0 bridgehead atoms. The van der Waals surface area contributed by atoms with Crippen molar-refractivity contribution < 1.29 is 41.0 Å². The highest BCUT2D eigenvalue weighted by atomic mass is 19.4. The first-order valence-electron chi connectivity index (χ1n) is 14.6. The van der Waals surface area contributed by atoms with Crippen molar-refractivity contribution in [2.24, 2.45) is 5.92 Å². The molecule has 0 unspecified atom stereocenters. The molecule has 17 heteroatoms. The van der Waals surface area contributed by atoms with Crippen molar-refractivity contribution in [3.8, 4) is 0 Å². The van der Waals surface area contributed by atoms with Crippen LogP contribution in [0.1, 0.15) is 91.3 Å². The Labute approximate surface area is 253 Å². The van der Waals surface area contributed by atoms with Crippen LogP contribution < -0.4 is 10.6 Å². The standard InChI is InChI=1S/C28H31F5N8O4/c1-14(42)40(2)26(11-19(28(31,32)33)36-25(26)44)10-15-9-20-35-18(13-41(20)34-12-15)21(17-5-7-27(29,30)8-6-17)37-24(43)23-22(16-3-4-16)38-45-39-23/h9,12-13,16-17,19,21H,3-8,10-11H2,1-2H3,(H,36,44)(H,37,43)/t19-,21-,26+/m0/s1. The van der Waals surface area contributed by atoms with Crippen molar-refractivity contribution in [1.29, 1.82) is 0 Å². The van der Waals surface area contributed by atoms with Gasteiger partial charge in [-0.1, -0.05) is 5.16 Å². The molecule has 242 valence electrons. The molecule has 12 nitrogen and oxygen atoms in total. The normalized spacial score (nSPS) is 24.4. The Balaban J connectivity index is 1.31. The maximum atomic E-state index is 14.0. The largest absolute Gasteiger partial charge is 0.408 e. The van der Waals surface area contributed by atoms with Gasteiger partial charge in [0.25, 0.3) is 5.91 Å². The zero-order valence-electron chi connectivity index (χ0n) is 24.4. The maximum absolute atomic E-state index is 14.0. The Bertz CT molecular complexity index is 1630. The van der Waals surface area contributed by atoms with Gasteiger partial charge in [0.2, 0.25) is 17.7 Å². The highest BCUT2D eigenvalue weighted by Gasteiger charge is 2.58. The van der Waals surface area contributed by atoms with Gasteiger partial charge in [0, 0.05) is 45.6 Å². The molecule has 0 spiro atoms. The van der Waals surface area contributed by atoms with Crippen LogP contribution in [0, 0.1) is 5.92 Å². The Morgan fingerprint density at radius 1 is 1.20 bits per heavy atom. The number of alkyl halides is 5. The molecule has 45 heavy (non-hydrogen) atoms. The summed E-state index contributed by atoms with van der Waals surface area (Å²) in [5, 5.41) is 16.8. The predicted molar refractivity (Wildman–Crippen MR) is 144 cm³/mol. The number of likely N-dealkylation sites (N-methyl/N-ethyl adjacent to an activating group) is 1. The summed E-state index contributed by atoms with van der Waals surface area (Å²) < 4.78 is 75.0. The fourth-order valence-electron chi connectivity index (χ4n) is 6.37. The van der Waals surface area contributed by atoms with E-state index in [0.29, 0.717) is 17.0 Å². The van der Waals surface area contributed by atoms with E-state index >= 15 is 0 Å². The van der Waals surface area contributed by atoms with Gasteiger partial charge in [0.15, 0.2) is 11.3 Å². The molecule has 3 aromatic rings. The molecule has 3 atom stereocenters. The van der Waals surface area contributed by atoms with Crippen molar-refractivity contribution in [3.05, 3.63) is 41.1 Å². The van der Waals surface area contributed by atoms with E-state index < -0.39 is 59.8 Å². The lowest BCUT2D eigenvalue weighted by atomic mass is 9.81. The van der Waals surface area contributed by atoms with Gasteiger partial charge in [0.1, 0.15) is 17.3 Å². The van der Waals surface area contributed by atoms with Crippen LogP contribution in [0.5, 0.6) is 0 Å². The van der Waals surface area contributed by atoms with Crippen molar-refractivity contribution in [2.75, 3.05) is 7.05 Å². The quantitative estimate of drug-likeness (QED) is 0.357. The van der Waals surface area contributed by atoms with Crippen LogP contribution in [-0.2, 0) is 16.0 Å². The molecule has 0 aromatic carbocycles. The van der Waals surface area contributed by atoms with Gasteiger partial charge >= 0.3 is 6.18 Å². The number of halogens is 5. The maximum Gasteiger partial charge on any atom is 0.408 e. The van der Waals surface area contributed by atoms with E-state index in [9.17, 15) is 36.3 Å². The number of rotatable bonds is 8. The molecule has 2 saturated carbocycles. The van der Waals surface area contributed by atoms with Crippen molar-refractivity contribution >= 4 is 23.4 Å². The second-order valence-corrected chi connectivity index (χ2v) is 12.3. The Kier molecular flexibility index (Phi) is 7.54. The van der Waals surface area contributed by atoms with Crippen LogP contribution in [0.4, 0.5) is 22.0 Å². The smallest absolute Gasteiger partial charge is 0.342 e. The molecule has 6 rings (SSSR count). The minimum absolute atomic E-state index is 0.0275. The van der Waals surface area contributed by atoms with Gasteiger partial charge in [-0.3, -0.25) is 14.4 Å². The van der Waals surface area contributed by atoms with E-state index in [1.54, 1.807) is 6.20 Å². The third kappa shape index (κ3) is 5.95. The van der Waals surface area contributed by atoms with Gasteiger partial charge in [-0.05, 0) is 48.4 Å². The third-order valence-corrected chi connectivity index (χ3v) is 9.20. The number of fused-ring (bicyclic) bond motifs is 1. The lowest BCUT2D eigenvalue weighted by Gasteiger charge is -2.36. The molecular formula is C28H31F5N8O4. The second kappa shape index (κ2) is 11.0. The molecule has 0 radical (unpaired) electrons. The van der Waals surface area contributed by atoms with Crippen molar-refractivity contribution in [2.45, 2.75) is 93.9 Å². The van der Waals surface area contributed by atoms with E-state index in [1.807, 2.05) is 5.32 Å². The second-order valence-electron chi connectivity index (χ2n) is 12.3. The summed E-state index contributed by atoms with van der Waals surface area (Å²) in [7, 11) is 1.28. The number of nitrogens with zero attached hydrogens (tertiary/aromatic N) is 6. The highest BCUT2D eigenvalue weighted by Crippen LogP contribution is 2.43. The van der Waals surface area contributed by atoms with E-state index in [0.717, 1.165) is 24.7 Å². The van der Waals surface area contributed by atoms with Crippen molar-refractivity contribution in [1.82, 2.24) is 40.4 Å². The Hall–Kier alpha value is -4.18. The van der Waals surface area contributed by atoms with Crippen LogP contribution in [-0.4, -0.2) is 78.3 Å². The van der Waals surface area contributed by atoms with Crippen LogP contribution in [0.3, 0.4) is 0 Å². The summed E-state index contributed by atoms with van der Waals surface area (Å²) in [5.41, 5.74) is -0.437. The highest BCUT2D eigenvalue weighted by molar-refractivity contribution is 5.94. The summed E-state index contributed by atoms with van der Waals surface area (Å²) in [6, 6.07) is -1.40.